The largest absolute Gasteiger partial charge is 0.292 e. The number of rotatable bonds is 0. The van der Waals surface area contributed by atoms with Crippen molar-refractivity contribution >= 4 is 32.7 Å². The number of H-pyrrole nitrogens is 1. The summed E-state index contributed by atoms with van der Waals surface area (Å²) in [5, 5.41) is 0. The highest BCUT2D eigenvalue weighted by atomic mass is 79.9. The molecule has 0 aliphatic carbocycles. The van der Waals surface area contributed by atoms with Gasteiger partial charge in [0.05, 0.1) is 11.0 Å². The molecule has 0 saturated carbocycles. The molecule has 0 aliphatic rings. The molecule has 0 amide bonds. The van der Waals surface area contributed by atoms with Crippen LogP contribution in [0.25, 0.3) is 16.8 Å². The molecule has 0 fully saturated rings. The van der Waals surface area contributed by atoms with Gasteiger partial charge >= 0.3 is 0 Å². The maximum Gasteiger partial charge on any atom is 0.252 e. The van der Waals surface area contributed by atoms with Gasteiger partial charge in [0.25, 0.3) is 5.56 Å². The van der Waals surface area contributed by atoms with Crippen LogP contribution < -0.4 is 5.56 Å². The zero-order chi connectivity index (χ0) is 10.4. The number of fused-ring (bicyclic) bond motifs is 3. The van der Waals surface area contributed by atoms with Gasteiger partial charge in [0.2, 0.25) is 5.78 Å². The lowest BCUT2D eigenvalue weighted by Crippen LogP contribution is -2.05. The first-order valence-corrected chi connectivity index (χ1v) is 5.20. The van der Waals surface area contributed by atoms with Crippen molar-refractivity contribution in [2.45, 2.75) is 0 Å². The predicted molar refractivity (Wildman–Crippen MR) is 61.0 cm³/mol. The summed E-state index contributed by atoms with van der Waals surface area (Å²) in [4.78, 5) is 18.1. The van der Waals surface area contributed by atoms with Crippen molar-refractivity contribution in [3.05, 3.63) is 45.3 Å². The minimum absolute atomic E-state index is 0.142. The second kappa shape index (κ2) is 2.93. The molecular weight excluding hydrogens is 258 g/mol. The van der Waals surface area contributed by atoms with Gasteiger partial charge in [-0.15, -0.1) is 0 Å². The summed E-state index contributed by atoms with van der Waals surface area (Å²) in [5.74, 6) is 0.565. The van der Waals surface area contributed by atoms with Gasteiger partial charge in [-0.1, -0.05) is 15.9 Å². The Morgan fingerprint density at radius 1 is 1.33 bits per heavy atom. The first-order valence-electron chi connectivity index (χ1n) is 4.41. The number of hydrogen-bond acceptors (Lipinski definition) is 2. The van der Waals surface area contributed by atoms with Crippen LogP contribution in [0.5, 0.6) is 0 Å². The molecule has 0 aliphatic heterocycles. The van der Waals surface area contributed by atoms with E-state index in [1.165, 1.54) is 6.07 Å². The van der Waals surface area contributed by atoms with Crippen LogP contribution in [-0.4, -0.2) is 14.4 Å². The Morgan fingerprint density at radius 2 is 2.20 bits per heavy atom. The van der Waals surface area contributed by atoms with Crippen molar-refractivity contribution in [2.24, 2.45) is 0 Å². The summed E-state index contributed by atoms with van der Waals surface area (Å²) in [6.45, 7) is 0. The number of imidazole rings is 1. The van der Waals surface area contributed by atoms with Crippen LogP contribution in [0.2, 0.25) is 0 Å². The molecule has 1 aromatic carbocycles. The third kappa shape index (κ3) is 1.27. The highest BCUT2D eigenvalue weighted by molar-refractivity contribution is 9.10. The fraction of sp³-hybridized carbons (Fsp3) is 0. The second-order valence-corrected chi connectivity index (χ2v) is 4.16. The van der Waals surface area contributed by atoms with Crippen LogP contribution in [0.3, 0.4) is 0 Å². The van der Waals surface area contributed by atoms with E-state index in [2.05, 4.69) is 25.9 Å². The molecule has 1 N–H and O–H groups in total. The molecule has 2 aromatic heterocycles. The highest BCUT2D eigenvalue weighted by Gasteiger charge is 2.04. The summed E-state index contributed by atoms with van der Waals surface area (Å²) in [6, 6.07) is 7.28. The molecule has 0 bridgehead atoms. The third-order valence-electron chi connectivity index (χ3n) is 2.26. The first kappa shape index (κ1) is 8.67. The standard InChI is InChI=1S/C10H6BrN3O/c11-6-1-2-7-8(5-6)14-4-3-9(15)13-10(14)12-7/h1-5H,(H,12,13,15). The number of aromatic nitrogens is 3. The first-order chi connectivity index (χ1) is 7.24. The average molecular weight is 264 g/mol. The molecule has 4 nitrogen and oxygen atoms in total. The number of aromatic amines is 1. The number of nitrogens with one attached hydrogen (secondary N) is 1. The van der Waals surface area contributed by atoms with Crippen LogP contribution in [0.1, 0.15) is 0 Å². The number of hydrogen-bond donors (Lipinski definition) is 1. The Labute approximate surface area is 92.7 Å². The van der Waals surface area contributed by atoms with Gasteiger partial charge in [-0.05, 0) is 18.2 Å². The van der Waals surface area contributed by atoms with E-state index in [1.807, 2.05) is 22.6 Å². The van der Waals surface area contributed by atoms with Gasteiger partial charge in [-0.2, -0.15) is 0 Å². The molecule has 0 spiro atoms. The summed E-state index contributed by atoms with van der Waals surface area (Å²) in [5.41, 5.74) is 1.69. The smallest absolute Gasteiger partial charge is 0.252 e. The molecule has 0 radical (unpaired) electrons. The van der Waals surface area contributed by atoms with E-state index >= 15 is 0 Å². The Bertz CT molecular complexity index is 713. The van der Waals surface area contributed by atoms with Crippen LogP contribution in [-0.2, 0) is 0 Å². The van der Waals surface area contributed by atoms with Gasteiger partial charge < -0.3 is 0 Å². The minimum Gasteiger partial charge on any atom is -0.292 e. The lowest BCUT2D eigenvalue weighted by atomic mass is 10.3. The van der Waals surface area contributed by atoms with Crippen molar-refractivity contribution in [3.8, 4) is 0 Å². The van der Waals surface area contributed by atoms with Gasteiger partial charge in [-0.3, -0.25) is 14.2 Å². The molecule has 0 saturated heterocycles. The fourth-order valence-electron chi connectivity index (χ4n) is 1.60. The SMILES string of the molecule is O=c1ccn2c(nc3ccc(Br)cc32)[nH]1. The number of nitrogens with zero attached hydrogens (tertiary/aromatic N) is 2. The Balaban J connectivity index is 2.58. The van der Waals surface area contributed by atoms with E-state index in [1.54, 1.807) is 6.20 Å². The van der Waals surface area contributed by atoms with E-state index in [0.29, 0.717) is 5.78 Å². The van der Waals surface area contributed by atoms with Crippen LogP contribution in [0, 0.1) is 0 Å². The fourth-order valence-corrected chi connectivity index (χ4v) is 1.95. The Morgan fingerprint density at radius 3 is 3.07 bits per heavy atom. The monoisotopic (exact) mass is 263 g/mol. The number of benzene rings is 1. The maximum absolute atomic E-state index is 11.1. The quantitative estimate of drug-likeness (QED) is 0.674. The van der Waals surface area contributed by atoms with E-state index in [-0.39, 0.29) is 5.56 Å². The molecule has 3 aromatic rings. The summed E-state index contributed by atoms with van der Waals surface area (Å²) >= 11 is 3.40. The summed E-state index contributed by atoms with van der Waals surface area (Å²) in [6.07, 6.45) is 1.72. The lowest BCUT2D eigenvalue weighted by molar-refractivity contribution is 1.10. The lowest BCUT2D eigenvalue weighted by Gasteiger charge is -1.93. The second-order valence-electron chi connectivity index (χ2n) is 3.24. The van der Waals surface area contributed by atoms with E-state index in [0.717, 1.165) is 15.5 Å². The Kier molecular flexibility index (Phi) is 1.70. The van der Waals surface area contributed by atoms with Crippen LogP contribution in [0.4, 0.5) is 0 Å². The molecule has 0 atom stereocenters. The summed E-state index contributed by atoms with van der Waals surface area (Å²) < 4.78 is 2.84. The molecule has 3 rings (SSSR count). The molecule has 15 heavy (non-hydrogen) atoms. The average Bonchev–Trinajstić information content (AvgIpc) is 2.54. The topological polar surface area (TPSA) is 50.2 Å². The van der Waals surface area contributed by atoms with Crippen molar-refractivity contribution in [1.82, 2.24) is 14.4 Å². The normalized spacial score (nSPS) is 11.3. The highest BCUT2D eigenvalue weighted by Crippen LogP contribution is 2.19. The molecule has 0 unspecified atom stereocenters. The molecule has 74 valence electrons. The van der Waals surface area contributed by atoms with Gasteiger partial charge in [0, 0.05) is 16.7 Å². The van der Waals surface area contributed by atoms with E-state index in [4.69, 9.17) is 0 Å². The zero-order valence-corrected chi connectivity index (χ0v) is 9.15. The predicted octanol–water partition coefficient (Wildman–Crippen LogP) is 1.94. The van der Waals surface area contributed by atoms with Crippen LogP contribution >= 0.6 is 15.9 Å². The van der Waals surface area contributed by atoms with E-state index in [9.17, 15) is 4.79 Å². The van der Waals surface area contributed by atoms with Crippen LogP contribution in [0.15, 0.2) is 39.7 Å². The maximum atomic E-state index is 11.1. The third-order valence-corrected chi connectivity index (χ3v) is 2.75. The van der Waals surface area contributed by atoms with Gasteiger partial charge in [-0.25, -0.2) is 4.98 Å². The van der Waals surface area contributed by atoms with E-state index < -0.39 is 0 Å². The summed E-state index contributed by atoms with van der Waals surface area (Å²) in [7, 11) is 0. The van der Waals surface area contributed by atoms with Gasteiger partial charge in [0.15, 0.2) is 0 Å². The Hall–Kier alpha value is -1.62. The van der Waals surface area contributed by atoms with Crippen molar-refractivity contribution in [2.75, 3.05) is 0 Å². The van der Waals surface area contributed by atoms with Crippen molar-refractivity contribution in [1.29, 1.82) is 0 Å². The zero-order valence-electron chi connectivity index (χ0n) is 7.57. The van der Waals surface area contributed by atoms with Crippen molar-refractivity contribution < 1.29 is 0 Å². The molecular formula is C10H6BrN3O. The molecule has 2 heterocycles. The number of halogens is 1. The van der Waals surface area contributed by atoms with Gasteiger partial charge in [0.1, 0.15) is 0 Å². The molecule has 5 heteroatoms. The van der Waals surface area contributed by atoms with Crippen molar-refractivity contribution in [3.63, 3.8) is 0 Å². The minimum atomic E-state index is -0.142.